The molecule has 2 aromatic carbocycles. The van der Waals surface area contributed by atoms with Crippen LogP contribution in [0, 0.1) is 0 Å². The van der Waals surface area contributed by atoms with Crippen LogP contribution in [0.4, 0.5) is 5.69 Å². The topological polar surface area (TPSA) is 12.0 Å². The second-order valence-electron chi connectivity index (χ2n) is 4.34. The van der Waals surface area contributed by atoms with E-state index in [0.717, 1.165) is 27.7 Å². The average molecular weight is 299 g/mol. The first-order chi connectivity index (χ1) is 8.65. The molecule has 0 saturated carbocycles. The molecule has 0 amide bonds. The molecule has 92 valence electrons. The summed E-state index contributed by atoms with van der Waals surface area (Å²) in [6.07, 6.45) is 0.871. The van der Waals surface area contributed by atoms with Gasteiger partial charge < -0.3 is 5.32 Å². The molecule has 1 N–H and O–H groups in total. The van der Waals surface area contributed by atoms with Crippen molar-refractivity contribution in [1.29, 1.82) is 0 Å². The Kier molecular flexibility index (Phi) is 3.14. The van der Waals surface area contributed by atoms with E-state index < -0.39 is 0 Å². The average Bonchev–Trinajstić information content (AvgIpc) is 2.77. The van der Waals surface area contributed by atoms with Crippen molar-refractivity contribution in [3.63, 3.8) is 0 Å². The van der Waals surface area contributed by atoms with Crippen molar-refractivity contribution in [2.45, 2.75) is 12.5 Å². The van der Waals surface area contributed by atoms with Crippen LogP contribution in [0.5, 0.6) is 0 Å². The molecule has 0 saturated heterocycles. The van der Waals surface area contributed by atoms with Gasteiger partial charge in [0.15, 0.2) is 0 Å². The molecule has 0 aliphatic carbocycles. The minimum atomic E-state index is 0.131. The molecule has 0 radical (unpaired) electrons. The smallest absolute Gasteiger partial charge is 0.0640 e. The fraction of sp³-hybridized carbons (Fsp3) is 0.143. The van der Waals surface area contributed by atoms with Gasteiger partial charge >= 0.3 is 0 Å². The van der Waals surface area contributed by atoms with Crippen molar-refractivity contribution in [2.75, 3.05) is 5.32 Å². The number of anilines is 1. The maximum atomic E-state index is 6.23. The highest BCUT2D eigenvalue weighted by molar-refractivity contribution is 6.34. The molecule has 1 unspecified atom stereocenters. The van der Waals surface area contributed by atoms with Gasteiger partial charge in [-0.2, -0.15) is 0 Å². The van der Waals surface area contributed by atoms with E-state index in [-0.39, 0.29) is 6.04 Å². The van der Waals surface area contributed by atoms with E-state index in [0.29, 0.717) is 5.02 Å². The highest BCUT2D eigenvalue weighted by Gasteiger charge is 2.25. The van der Waals surface area contributed by atoms with Crippen molar-refractivity contribution in [2.24, 2.45) is 0 Å². The van der Waals surface area contributed by atoms with Crippen LogP contribution in [-0.2, 0) is 6.42 Å². The van der Waals surface area contributed by atoms with Crippen LogP contribution in [0.1, 0.15) is 17.2 Å². The zero-order valence-corrected chi connectivity index (χ0v) is 11.7. The van der Waals surface area contributed by atoms with Crippen LogP contribution in [0.2, 0.25) is 15.1 Å². The van der Waals surface area contributed by atoms with E-state index >= 15 is 0 Å². The van der Waals surface area contributed by atoms with Gasteiger partial charge in [-0.05, 0) is 41.8 Å². The molecule has 18 heavy (non-hydrogen) atoms. The lowest BCUT2D eigenvalue weighted by molar-refractivity contribution is 0.824. The van der Waals surface area contributed by atoms with Crippen LogP contribution in [-0.4, -0.2) is 0 Å². The Morgan fingerprint density at radius 1 is 1.00 bits per heavy atom. The fourth-order valence-electron chi connectivity index (χ4n) is 2.32. The summed E-state index contributed by atoms with van der Waals surface area (Å²) in [6.45, 7) is 0. The SMILES string of the molecule is Clc1ccc(Cl)c(C2Cc3cccc(Cl)c3N2)c1. The van der Waals surface area contributed by atoms with Crippen LogP contribution >= 0.6 is 34.8 Å². The number of hydrogen-bond donors (Lipinski definition) is 1. The molecule has 1 nitrogen and oxygen atoms in total. The van der Waals surface area contributed by atoms with Gasteiger partial charge in [0.25, 0.3) is 0 Å². The molecule has 1 heterocycles. The van der Waals surface area contributed by atoms with Crippen LogP contribution in [0.3, 0.4) is 0 Å². The van der Waals surface area contributed by atoms with E-state index in [1.807, 2.05) is 24.3 Å². The quantitative estimate of drug-likeness (QED) is 0.747. The van der Waals surface area contributed by atoms with Gasteiger partial charge in [-0.25, -0.2) is 0 Å². The first-order valence-electron chi connectivity index (χ1n) is 5.64. The molecule has 1 aliphatic rings. The van der Waals surface area contributed by atoms with Crippen LogP contribution < -0.4 is 5.32 Å². The summed E-state index contributed by atoms with van der Waals surface area (Å²) in [5.74, 6) is 0. The predicted molar refractivity (Wildman–Crippen MR) is 78.0 cm³/mol. The molecular weight excluding hydrogens is 289 g/mol. The Hall–Kier alpha value is -0.890. The van der Waals surface area contributed by atoms with E-state index in [1.54, 1.807) is 6.07 Å². The van der Waals surface area contributed by atoms with E-state index in [9.17, 15) is 0 Å². The van der Waals surface area contributed by atoms with Gasteiger partial charge in [-0.15, -0.1) is 0 Å². The second-order valence-corrected chi connectivity index (χ2v) is 5.59. The van der Waals surface area contributed by atoms with Crippen molar-refractivity contribution in [1.82, 2.24) is 0 Å². The van der Waals surface area contributed by atoms with E-state index in [2.05, 4.69) is 11.4 Å². The Bertz CT molecular complexity index is 610. The third-order valence-electron chi connectivity index (χ3n) is 3.18. The summed E-state index contributed by atoms with van der Waals surface area (Å²) < 4.78 is 0. The highest BCUT2D eigenvalue weighted by atomic mass is 35.5. The maximum absolute atomic E-state index is 6.23. The number of halogens is 3. The minimum Gasteiger partial charge on any atom is -0.376 e. The lowest BCUT2D eigenvalue weighted by Gasteiger charge is -2.14. The summed E-state index contributed by atoms with van der Waals surface area (Å²) in [6, 6.07) is 11.6. The normalized spacial score (nSPS) is 17.4. The standard InChI is InChI=1S/C14H10Cl3N/c15-9-4-5-11(16)10(7-9)13-6-8-2-1-3-12(17)14(8)18-13/h1-5,7,13,18H,6H2. The molecular formula is C14H10Cl3N. The zero-order valence-electron chi connectivity index (χ0n) is 9.38. The van der Waals surface area contributed by atoms with Crippen molar-refractivity contribution in [3.05, 3.63) is 62.6 Å². The summed E-state index contributed by atoms with van der Waals surface area (Å²) in [5, 5.41) is 5.57. The Labute approximate surface area is 121 Å². The predicted octanol–water partition coefficient (Wildman–Crippen LogP) is 5.36. The Morgan fingerprint density at radius 3 is 2.61 bits per heavy atom. The monoisotopic (exact) mass is 297 g/mol. The summed E-state index contributed by atoms with van der Waals surface area (Å²) in [4.78, 5) is 0. The largest absolute Gasteiger partial charge is 0.376 e. The molecule has 1 atom stereocenters. The summed E-state index contributed by atoms with van der Waals surface area (Å²) in [5.41, 5.74) is 3.22. The number of nitrogens with one attached hydrogen (secondary N) is 1. The van der Waals surface area contributed by atoms with Crippen LogP contribution in [0.25, 0.3) is 0 Å². The van der Waals surface area contributed by atoms with Crippen molar-refractivity contribution in [3.8, 4) is 0 Å². The summed E-state index contributed by atoms with van der Waals surface area (Å²) in [7, 11) is 0. The molecule has 3 rings (SSSR count). The minimum absolute atomic E-state index is 0.131. The third kappa shape index (κ3) is 2.07. The van der Waals surface area contributed by atoms with Gasteiger partial charge in [0, 0.05) is 10.0 Å². The number of benzene rings is 2. The number of para-hydroxylation sites is 1. The van der Waals surface area contributed by atoms with Gasteiger partial charge in [0.1, 0.15) is 0 Å². The Balaban J connectivity index is 1.99. The lowest BCUT2D eigenvalue weighted by atomic mass is 10.0. The van der Waals surface area contributed by atoms with E-state index in [4.69, 9.17) is 34.8 Å². The lowest BCUT2D eigenvalue weighted by Crippen LogP contribution is -2.06. The van der Waals surface area contributed by atoms with Crippen molar-refractivity contribution >= 4 is 40.5 Å². The van der Waals surface area contributed by atoms with Gasteiger partial charge in [0.2, 0.25) is 0 Å². The van der Waals surface area contributed by atoms with Crippen LogP contribution in [0.15, 0.2) is 36.4 Å². The molecule has 4 heteroatoms. The van der Waals surface area contributed by atoms with Gasteiger partial charge in [-0.1, -0.05) is 46.9 Å². The molecule has 0 spiro atoms. The molecule has 0 fully saturated rings. The van der Waals surface area contributed by atoms with Gasteiger partial charge in [0.05, 0.1) is 16.8 Å². The second kappa shape index (κ2) is 4.65. The maximum Gasteiger partial charge on any atom is 0.0640 e. The number of rotatable bonds is 1. The molecule has 1 aliphatic heterocycles. The van der Waals surface area contributed by atoms with Gasteiger partial charge in [-0.3, -0.25) is 0 Å². The first kappa shape index (κ1) is 12.2. The van der Waals surface area contributed by atoms with E-state index in [1.165, 1.54) is 5.56 Å². The Morgan fingerprint density at radius 2 is 1.83 bits per heavy atom. The fourth-order valence-corrected chi connectivity index (χ4v) is 2.99. The number of hydrogen-bond acceptors (Lipinski definition) is 1. The zero-order chi connectivity index (χ0) is 12.7. The molecule has 0 aromatic heterocycles. The third-order valence-corrected chi connectivity index (χ3v) is 4.07. The van der Waals surface area contributed by atoms with Crippen molar-refractivity contribution < 1.29 is 0 Å². The molecule has 2 aromatic rings. The molecule has 0 bridgehead atoms. The number of fused-ring (bicyclic) bond motifs is 1. The summed E-state index contributed by atoms with van der Waals surface area (Å²) >= 11 is 18.4. The highest BCUT2D eigenvalue weighted by Crippen LogP contribution is 2.40. The first-order valence-corrected chi connectivity index (χ1v) is 6.77.